The van der Waals surface area contributed by atoms with Crippen molar-refractivity contribution in [2.24, 2.45) is 0 Å². The first kappa shape index (κ1) is 18.4. The molecule has 130 valence electrons. The highest BCUT2D eigenvalue weighted by Crippen LogP contribution is 2.44. The van der Waals surface area contributed by atoms with Crippen LogP contribution in [0.3, 0.4) is 0 Å². The van der Waals surface area contributed by atoms with Gasteiger partial charge < -0.3 is 18.7 Å². The van der Waals surface area contributed by atoms with Crippen molar-refractivity contribution in [2.45, 2.75) is 52.2 Å². The van der Waals surface area contributed by atoms with E-state index in [1.807, 2.05) is 32.0 Å². The second-order valence-electron chi connectivity index (χ2n) is 5.59. The summed E-state index contributed by atoms with van der Waals surface area (Å²) < 4.78 is 35.2. The summed E-state index contributed by atoms with van der Waals surface area (Å²) in [5.41, 5.74) is 0. The monoisotopic (exact) mass is 343 g/mol. The molecule has 2 atom stereocenters. The van der Waals surface area contributed by atoms with Gasteiger partial charge in [-0.05, 0) is 32.4 Å². The van der Waals surface area contributed by atoms with Crippen LogP contribution in [0.1, 0.15) is 33.6 Å². The Labute approximate surface area is 138 Å². The van der Waals surface area contributed by atoms with E-state index in [9.17, 15) is 4.57 Å². The summed E-state index contributed by atoms with van der Waals surface area (Å²) >= 11 is 0. The minimum atomic E-state index is -3.22. The van der Waals surface area contributed by atoms with Crippen LogP contribution in [-0.4, -0.2) is 31.6 Å². The molecule has 1 heterocycles. The third kappa shape index (κ3) is 5.90. The third-order valence-electron chi connectivity index (χ3n) is 3.36. The van der Waals surface area contributed by atoms with Crippen LogP contribution >= 0.6 is 7.52 Å². The zero-order valence-corrected chi connectivity index (χ0v) is 14.8. The van der Waals surface area contributed by atoms with Gasteiger partial charge in [0.05, 0.1) is 6.04 Å². The van der Waals surface area contributed by atoms with E-state index in [1.165, 1.54) is 0 Å². The van der Waals surface area contributed by atoms with E-state index in [1.54, 1.807) is 12.1 Å². The van der Waals surface area contributed by atoms with Gasteiger partial charge in [-0.3, -0.25) is 4.57 Å². The van der Waals surface area contributed by atoms with Crippen LogP contribution in [0.25, 0.3) is 0 Å². The lowest BCUT2D eigenvalue weighted by molar-refractivity contribution is -0.381. The predicted octanol–water partition coefficient (Wildman–Crippen LogP) is 3.73. The Kier molecular flexibility index (Phi) is 7.06. The van der Waals surface area contributed by atoms with Crippen molar-refractivity contribution >= 4 is 7.52 Å². The lowest BCUT2D eigenvalue weighted by Crippen LogP contribution is -2.50. The van der Waals surface area contributed by atoms with Crippen molar-refractivity contribution in [3.05, 3.63) is 30.3 Å². The standard InChI is InChI=1S/C16H26NO5P/c1-4-5-11-19-12-23(18,22-15-9-7-6-8-10-15)17-13(2)16-20-14(3)21-16/h6-10,13-14,16H,4-5,11-12H2,1-3H3,(H,17,18)/t13?,14?,16?,23-/m0/s1. The molecule has 23 heavy (non-hydrogen) atoms. The van der Waals surface area contributed by atoms with Crippen molar-refractivity contribution in [3.8, 4) is 5.75 Å². The number of ether oxygens (including phenoxy) is 3. The molecule has 0 bridgehead atoms. The number of para-hydroxylation sites is 1. The largest absolute Gasteiger partial charge is 0.431 e. The summed E-state index contributed by atoms with van der Waals surface area (Å²) in [7, 11) is -3.22. The Morgan fingerprint density at radius 1 is 1.30 bits per heavy atom. The molecule has 0 amide bonds. The van der Waals surface area contributed by atoms with E-state index < -0.39 is 13.8 Å². The molecule has 1 aromatic carbocycles. The lowest BCUT2D eigenvalue weighted by Gasteiger charge is -2.38. The van der Waals surface area contributed by atoms with Gasteiger partial charge in [-0.15, -0.1) is 0 Å². The second-order valence-corrected chi connectivity index (χ2v) is 7.64. The highest BCUT2D eigenvalue weighted by atomic mass is 31.2. The van der Waals surface area contributed by atoms with Crippen molar-refractivity contribution in [2.75, 3.05) is 13.0 Å². The van der Waals surface area contributed by atoms with Gasteiger partial charge in [-0.25, -0.2) is 5.09 Å². The van der Waals surface area contributed by atoms with Crippen LogP contribution in [0.5, 0.6) is 5.75 Å². The number of hydrogen-bond acceptors (Lipinski definition) is 5. The van der Waals surface area contributed by atoms with Gasteiger partial charge in [-0.2, -0.15) is 0 Å². The molecule has 2 rings (SSSR count). The SMILES string of the molecule is CCCCOC[P@@](=O)(NC(C)C1OC(C)O1)Oc1ccccc1. The van der Waals surface area contributed by atoms with Gasteiger partial charge in [0.2, 0.25) is 0 Å². The quantitative estimate of drug-likeness (QED) is 0.516. The van der Waals surface area contributed by atoms with E-state index >= 15 is 0 Å². The van der Waals surface area contributed by atoms with Gasteiger partial charge in [0.15, 0.2) is 12.6 Å². The van der Waals surface area contributed by atoms with Gasteiger partial charge in [0.25, 0.3) is 0 Å². The van der Waals surface area contributed by atoms with E-state index in [0.717, 1.165) is 12.8 Å². The zero-order valence-electron chi connectivity index (χ0n) is 13.9. The summed E-state index contributed by atoms with van der Waals surface area (Å²) in [4.78, 5) is 0. The molecule has 0 aromatic heterocycles. The molecular weight excluding hydrogens is 317 g/mol. The Hall–Kier alpha value is -0.910. The minimum Gasteiger partial charge on any atom is -0.431 e. The molecule has 0 saturated carbocycles. The fourth-order valence-corrected chi connectivity index (χ4v) is 3.92. The highest BCUT2D eigenvalue weighted by Gasteiger charge is 2.37. The Bertz CT molecular complexity index is 506. The van der Waals surface area contributed by atoms with Crippen LogP contribution in [0.2, 0.25) is 0 Å². The van der Waals surface area contributed by atoms with Crippen molar-refractivity contribution in [1.29, 1.82) is 0 Å². The molecule has 0 spiro atoms. The van der Waals surface area contributed by atoms with E-state index in [2.05, 4.69) is 12.0 Å². The molecule has 1 unspecified atom stereocenters. The predicted molar refractivity (Wildman–Crippen MR) is 88.4 cm³/mol. The van der Waals surface area contributed by atoms with E-state index in [4.69, 9.17) is 18.7 Å². The molecule has 1 aromatic rings. The molecule has 1 aliphatic heterocycles. The fraction of sp³-hybridized carbons (Fsp3) is 0.625. The van der Waals surface area contributed by atoms with Gasteiger partial charge in [0.1, 0.15) is 12.1 Å². The summed E-state index contributed by atoms with van der Waals surface area (Å²) in [5, 5.41) is 3.00. The van der Waals surface area contributed by atoms with Crippen molar-refractivity contribution in [3.63, 3.8) is 0 Å². The topological polar surface area (TPSA) is 66.0 Å². The number of rotatable bonds is 10. The Balaban J connectivity index is 1.96. The number of nitrogens with one attached hydrogen (secondary N) is 1. The zero-order chi connectivity index (χ0) is 16.7. The van der Waals surface area contributed by atoms with Crippen LogP contribution < -0.4 is 9.61 Å². The summed E-state index contributed by atoms with van der Waals surface area (Å²) in [6, 6.07) is 8.81. The highest BCUT2D eigenvalue weighted by molar-refractivity contribution is 7.57. The molecule has 1 aliphatic rings. The molecule has 7 heteroatoms. The van der Waals surface area contributed by atoms with Crippen LogP contribution in [0.15, 0.2) is 30.3 Å². The van der Waals surface area contributed by atoms with Crippen LogP contribution in [0, 0.1) is 0 Å². The van der Waals surface area contributed by atoms with Crippen molar-refractivity contribution in [1.82, 2.24) is 5.09 Å². The maximum atomic E-state index is 13.1. The average molecular weight is 343 g/mol. The number of benzene rings is 1. The van der Waals surface area contributed by atoms with Crippen LogP contribution in [0.4, 0.5) is 0 Å². The lowest BCUT2D eigenvalue weighted by atomic mass is 10.3. The fourth-order valence-electron chi connectivity index (χ4n) is 2.17. The van der Waals surface area contributed by atoms with Gasteiger partial charge in [0, 0.05) is 6.61 Å². The summed E-state index contributed by atoms with van der Waals surface area (Å²) in [5.74, 6) is 0.540. The van der Waals surface area contributed by atoms with Crippen LogP contribution in [-0.2, 0) is 18.8 Å². The first-order valence-electron chi connectivity index (χ1n) is 8.02. The molecule has 1 fully saturated rings. The summed E-state index contributed by atoms with van der Waals surface area (Å²) in [6.07, 6.45) is 1.31. The maximum Gasteiger partial charge on any atom is 0.342 e. The molecule has 0 radical (unpaired) electrons. The number of unbranched alkanes of at least 4 members (excludes halogenated alkanes) is 1. The minimum absolute atomic E-state index is 0.00844. The van der Waals surface area contributed by atoms with Crippen molar-refractivity contribution < 1.29 is 23.3 Å². The molecule has 0 aliphatic carbocycles. The second kappa shape index (κ2) is 8.81. The molecule has 1 saturated heterocycles. The van der Waals surface area contributed by atoms with Gasteiger partial charge >= 0.3 is 7.52 Å². The first-order valence-corrected chi connectivity index (χ1v) is 9.83. The smallest absolute Gasteiger partial charge is 0.342 e. The average Bonchev–Trinajstić information content (AvgIpc) is 2.49. The van der Waals surface area contributed by atoms with E-state index in [-0.39, 0.29) is 18.7 Å². The number of hydrogen-bond donors (Lipinski definition) is 1. The van der Waals surface area contributed by atoms with Gasteiger partial charge in [-0.1, -0.05) is 31.5 Å². The Morgan fingerprint density at radius 3 is 2.61 bits per heavy atom. The third-order valence-corrected chi connectivity index (χ3v) is 5.19. The maximum absolute atomic E-state index is 13.1. The normalized spacial score (nSPS) is 24.5. The molecular formula is C16H26NO5P. The molecule has 1 N–H and O–H groups in total. The summed E-state index contributed by atoms with van der Waals surface area (Å²) in [6.45, 7) is 6.30. The Morgan fingerprint density at radius 2 is 2.00 bits per heavy atom. The molecule has 6 nitrogen and oxygen atoms in total. The first-order chi connectivity index (χ1) is 11.0. The van der Waals surface area contributed by atoms with E-state index in [0.29, 0.717) is 12.4 Å².